The molecule has 110 valence electrons. The summed E-state index contributed by atoms with van der Waals surface area (Å²) in [5.41, 5.74) is 0. The van der Waals surface area contributed by atoms with Crippen LogP contribution in [0.1, 0.15) is 25.7 Å². The zero-order valence-electron chi connectivity index (χ0n) is 11.2. The molecule has 1 aliphatic heterocycles. The molecule has 0 radical (unpaired) electrons. The van der Waals surface area contributed by atoms with Gasteiger partial charge in [-0.15, -0.1) is 0 Å². The fourth-order valence-corrected chi connectivity index (χ4v) is 2.86. The van der Waals surface area contributed by atoms with E-state index in [1.807, 2.05) is 0 Å². The molecule has 7 nitrogen and oxygen atoms in total. The number of carbonyl (C=O) groups is 2. The number of likely N-dealkylation sites (tertiary alicyclic amines) is 1. The number of carbonyl (C=O) groups excluding carboxylic acids is 2. The molecule has 0 aliphatic carbocycles. The number of sulfonamides is 1. The molecule has 0 atom stereocenters. The molecule has 1 fully saturated rings. The van der Waals surface area contributed by atoms with Gasteiger partial charge < -0.3 is 9.64 Å². The lowest BCUT2D eigenvalue weighted by molar-refractivity contribution is -0.143. The van der Waals surface area contributed by atoms with Crippen LogP contribution in [0.25, 0.3) is 0 Å². The first-order chi connectivity index (χ1) is 8.81. The van der Waals surface area contributed by atoms with Gasteiger partial charge in [-0.05, 0) is 12.8 Å². The van der Waals surface area contributed by atoms with E-state index in [1.165, 1.54) is 7.11 Å². The highest BCUT2D eigenvalue weighted by atomic mass is 32.2. The largest absolute Gasteiger partial charge is 0.469 e. The van der Waals surface area contributed by atoms with Crippen LogP contribution in [-0.4, -0.2) is 57.7 Å². The van der Waals surface area contributed by atoms with Crippen molar-refractivity contribution in [2.75, 3.05) is 26.5 Å². The van der Waals surface area contributed by atoms with Crippen molar-refractivity contribution in [2.24, 2.45) is 0 Å². The number of rotatable bonds is 5. The van der Waals surface area contributed by atoms with Gasteiger partial charge >= 0.3 is 5.97 Å². The van der Waals surface area contributed by atoms with Crippen LogP contribution in [-0.2, 0) is 24.3 Å². The number of nitrogens with zero attached hydrogens (tertiary/aromatic N) is 1. The van der Waals surface area contributed by atoms with Crippen molar-refractivity contribution >= 4 is 21.9 Å². The highest BCUT2D eigenvalue weighted by Crippen LogP contribution is 2.12. The van der Waals surface area contributed by atoms with E-state index in [0.717, 1.165) is 6.26 Å². The van der Waals surface area contributed by atoms with Crippen LogP contribution >= 0.6 is 0 Å². The smallest absolute Gasteiger partial charge is 0.306 e. The fourth-order valence-electron chi connectivity index (χ4n) is 2.02. The second-order valence-electron chi connectivity index (χ2n) is 4.62. The minimum absolute atomic E-state index is 0.0802. The molecule has 1 saturated heterocycles. The summed E-state index contributed by atoms with van der Waals surface area (Å²) in [5, 5.41) is 0. The zero-order valence-corrected chi connectivity index (χ0v) is 12.0. The minimum atomic E-state index is -3.20. The first kappa shape index (κ1) is 15.9. The Balaban J connectivity index is 2.33. The van der Waals surface area contributed by atoms with Gasteiger partial charge in [0.1, 0.15) is 0 Å². The highest BCUT2D eigenvalue weighted by Gasteiger charge is 2.24. The zero-order chi connectivity index (χ0) is 14.5. The summed E-state index contributed by atoms with van der Waals surface area (Å²) in [4.78, 5) is 24.4. The molecule has 0 bridgehead atoms. The standard InChI is InChI=1S/C11H20N2O5S/c1-18-11(15)4-3-10(14)13-7-5-9(6-8-13)12-19(2,16)17/h9,12H,3-8H2,1-2H3. The third-order valence-corrected chi connectivity index (χ3v) is 3.76. The summed E-state index contributed by atoms with van der Waals surface area (Å²) < 4.78 is 29.2. The van der Waals surface area contributed by atoms with Crippen LogP contribution in [0.15, 0.2) is 0 Å². The number of amides is 1. The average molecular weight is 292 g/mol. The van der Waals surface area contributed by atoms with Gasteiger partial charge in [-0.25, -0.2) is 13.1 Å². The number of hydrogen-bond acceptors (Lipinski definition) is 5. The normalized spacial score (nSPS) is 17.3. The number of hydrogen-bond donors (Lipinski definition) is 1. The van der Waals surface area contributed by atoms with Crippen molar-refractivity contribution in [3.8, 4) is 0 Å². The lowest BCUT2D eigenvalue weighted by Gasteiger charge is -2.32. The van der Waals surface area contributed by atoms with E-state index in [2.05, 4.69) is 9.46 Å². The monoisotopic (exact) mass is 292 g/mol. The Labute approximate surface area is 113 Å². The first-order valence-corrected chi connectivity index (χ1v) is 8.03. The summed E-state index contributed by atoms with van der Waals surface area (Å²) in [6.07, 6.45) is 2.53. The van der Waals surface area contributed by atoms with Crippen molar-refractivity contribution in [3.05, 3.63) is 0 Å². The van der Waals surface area contributed by atoms with Gasteiger partial charge in [-0.2, -0.15) is 0 Å². The molecule has 1 aliphatic rings. The lowest BCUT2D eigenvalue weighted by Crippen LogP contribution is -2.46. The molecule has 0 aromatic carbocycles. The van der Waals surface area contributed by atoms with Crippen molar-refractivity contribution in [1.82, 2.24) is 9.62 Å². The highest BCUT2D eigenvalue weighted by molar-refractivity contribution is 7.88. The molecular formula is C11H20N2O5S. The van der Waals surface area contributed by atoms with E-state index in [-0.39, 0.29) is 24.8 Å². The van der Waals surface area contributed by atoms with Crippen molar-refractivity contribution < 1.29 is 22.7 Å². The summed E-state index contributed by atoms with van der Waals surface area (Å²) in [5.74, 6) is -0.495. The SMILES string of the molecule is COC(=O)CCC(=O)N1CCC(NS(C)(=O)=O)CC1. The maximum atomic E-state index is 11.8. The molecule has 1 N–H and O–H groups in total. The van der Waals surface area contributed by atoms with Crippen LogP contribution in [0.3, 0.4) is 0 Å². The van der Waals surface area contributed by atoms with Gasteiger partial charge in [0, 0.05) is 25.6 Å². The van der Waals surface area contributed by atoms with Gasteiger partial charge in [0.15, 0.2) is 0 Å². The summed E-state index contributed by atoms with van der Waals surface area (Å²) >= 11 is 0. The maximum absolute atomic E-state index is 11.8. The molecule has 19 heavy (non-hydrogen) atoms. The molecule has 0 aromatic heterocycles. The van der Waals surface area contributed by atoms with Gasteiger partial charge in [0.05, 0.1) is 19.8 Å². The third kappa shape index (κ3) is 6.02. The van der Waals surface area contributed by atoms with Gasteiger partial charge in [0.2, 0.25) is 15.9 Å². The van der Waals surface area contributed by atoms with Crippen molar-refractivity contribution in [2.45, 2.75) is 31.7 Å². The molecular weight excluding hydrogens is 272 g/mol. The Bertz CT molecular complexity index is 426. The van der Waals surface area contributed by atoms with E-state index in [0.29, 0.717) is 25.9 Å². The molecule has 1 amide bonds. The molecule has 0 aromatic rings. The number of piperidine rings is 1. The van der Waals surface area contributed by atoms with Crippen LogP contribution in [0, 0.1) is 0 Å². The Morgan fingerprint density at radius 3 is 2.32 bits per heavy atom. The summed E-state index contributed by atoms with van der Waals surface area (Å²) in [6.45, 7) is 1.01. The summed E-state index contributed by atoms with van der Waals surface area (Å²) in [6, 6.07) is -0.111. The first-order valence-electron chi connectivity index (χ1n) is 6.13. The van der Waals surface area contributed by atoms with E-state index in [9.17, 15) is 18.0 Å². The second kappa shape index (κ2) is 6.85. The van der Waals surface area contributed by atoms with Gasteiger partial charge in [0.25, 0.3) is 0 Å². The molecule has 1 heterocycles. The average Bonchev–Trinajstić information content (AvgIpc) is 2.34. The van der Waals surface area contributed by atoms with Crippen LogP contribution < -0.4 is 4.72 Å². The quantitative estimate of drug-likeness (QED) is 0.688. The number of nitrogens with one attached hydrogen (secondary N) is 1. The third-order valence-electron chi connectivity index (χ3n) is 3.00. The van der Waals surface area contributed by atoms with Crippen LogP contribution in [0.4, 0.5) is 0 Å². The molecule has 0 spiro atoms. The van der Waals surface area contributed by atoms with E-state index in [1.54, 1.807) is 4.90 Å². The topological polar surface area (TPSA) is 92.8 Å². The van der Waals surface area contributed by atoms with Crippen LogP contribution in [0.5, 0.6) is 0 Å². The number of esters is 1. The van der Waals surface area contributed by atoms with E-state index in [4.69, 9.17) is 0 Å². The molecule has 1 rings (SSSR count). The van der Waals surface area contributed by atoms with Gasteiger partial charge in [-0.3, -0.25) is 9.59 Å². The van der Waals surface area contributed by atoms with E-state index < -0.39 is 16.0 Å². The maximum Gasteiger partial charge on any atom is 0.306 e. The Morgan fingerprint density at radius 1 is 1.26 bits per heavy atom. The van der Waals surface area contributed by atoms with Crippen molar-refractivity contribution in [3.63, 3.8) is 0 Å². The minimum Gasteiger partial charge on any atom is -0.469 e. The van der Waals surface area contributed by atoms with Crippen molar-refractivity contribution in [1.29, 1.82) is 0 Å². The van der Waals surface area contributed by atoms with Crippen LogP contribution in [0.2, 0.25) is 0 Å². The Morgan fingerprint density at radius 2 is 1.84 bits per heavy atom. The van der Waals surface area contributed by atoms with E-state index >= 15 is 0 Å². The predicted molar refractivity (Wildman–Crippen MR) is 68.8 cm³/mol. The molecule has 0 saturated carbocycles. The lowest BCUT2D eigenvalue weighted by atomic mass is 10.1. The Kier molecular flexibility index (Phi) is 5.74. The molecule has 8 heteroatoms. The predicted octanol–water partition coefficient (Wildman–Crippen LogP) is -0.520. The molecule has 0 unspecified atom stereocenters. The second-order valence-corrected chi connectivity index (χ2v) is 6.40. The summed E-state index contributed by atoms with van der Waals surface area (Å²) in [7, 11) is -1.91. The number of methoxy groups -OCH3 is 1. The van der Waals surface area contributed by atoms with Gasteiger partial charge in [-0.1, -0.05) is 0 Å². The fraction of sp³-hybridized carbons (Fsp3) is 0.818. The Hall–Kier alpha value is -1.15. The number of ether oxygens (including phenoxy) is 1.